The number of ether oxygens (including phenoxy) is 1. The van der Waals surface area contributed by atoms with E-state index in [0.717, 1.165) is 42.1 Å². The fourth-order valence-electron chi connectivity index (χ4n) is 1.69. The molecule has 0 atom stereocenters. The summed E-state index contributed by atoms with van der Waals surface area (Å²) >= 11 is 3.55. The summed E-state index contributed by atoms with van der Waals surface area (Å²) in [6, 6.07) is 6.22. The minimum atomic E-state index is 0.731. The van der Waals surface area contributed by atoms with Crippen molar-refractivity contribution in [1.82, 2.24) is 0 Å². The van der Waals surface area contributed by atoms with Crippen molar-refractivity contribution in [1.29, 1.82) is 0 Å². The molecule has 1 aliphatic rings. The third-order valence-corrected chi connectivity index (χ3v) is 3.48. The number of rotatable bonds is 6. The standard InChI is InChI=1S/C13H18BrNO/c14-12-5-1-3-11(4-2-8-15)13(12)16-9-10-6-7-10/h1,3,5,10H,2,4,6-9,15H2. The van der Waals surface area contributed by atoms with Gasteiger partial charge in [0, 0.05) is 0 Å². The molecule has 0 spiro atoms. The summed E-state index contributed by atoms with van der Waals surface area (Å²) in [5.74, 6) is 1.80. The van der Waals surface area contributed by atoms with Crippen molar-refractivity contribution in [3.05, 3.63) is 28.2 Å². The third kappa shape index (κ3) is 3.22. The van der Waals surface area contributed by atoms with Crippen molar-refractivity contribution in [2.75, 3.05) is 13.2 Å². The van der Waals surface area contributed by atoms with Crippen molar-refractivity contribution in [3.8, 4) is 5.75 Å². The van der Waals surface area contributed by atoms with E-state index in [1.807, 2.05) is 6.07 Å². The zero-order chi connectivity index (χ0) is 11.4. The molecule has 1 aromatic rings. The molecule has 0 saturated heterocycles. The van der Waals surface area contributed by atoms with Gasteiger partial charge in [0.25, 0.3) is 0 Å². The summed E-state index contributed by atoms with van der Waals surface area (Å²) < 4.78 is 6.96. The fourth-order valence-corrected chi connectivity index (χ4v) is 2.21. The molecule has 2 N–H and O–H groups in total. The summed E-state index contributed by atoms with van der Waals surface area (Å²) in [6.45, 7) is 1.59. The maximum absolute atomic E-state index is 5.90. The molecule has 1 aromatic carbocycles. The lowest BCUT2D eigenvalue weighted by Crippen LogP contribution is -2.05. The first-order valence-corrected chi connectivity index (χ1v) is 6.71. The second-order valence-corrected chi connectivity index (χ2v) is 5.23. The van der Waals surface area contributed by atoms with E-state index in [1.165, 1.54) is 18.4 Å². The minimum Gasteiger partial charge on any atom is -0.492 e. The van der Waals surface area contributed by atoms with Crippen molar-refractivity contribution >= 4 is 15.9 Å². The van der Waals surface area contributed by atoms with E-state index in [2.05, 4.69) is 28.1 Å². The largest absolute Gasteiger partial charge is 0.492 e. The Hall–Kier alpha value is -0.540. The number of hydrogen-bond acceptors (Lipinski definition) is 2. The zero-order valence-corrected chi connectivity index (χ0v) is 11.0. The maximum atomic E-state index is 5.90. The molecule has 0 amide bonds. The van der Waals surface area contributed by atoms with E-state index in [9.17, 15) is 0 Å². The topological polar surface area (TPSA) is 35.2 Å². The molecule has 1 saturated carbocycles. The molecule has 0 aromatic heterocycles. The van der Waals surface area contributed by atoms with Crippen LogP contribution in [0.2, 0.25) is 0 Å². The van der Waals surface area contributed by atoms with Gasteiger partial charge >= 0.3 is 0 Å². The lowest BCUT2D eigenvalue weighted by atomic mass is 10.1. The Morgan fingerprint density at radius 3 is 2.88 bits per heavy atom. The summed E-state index contributed by atoms with van der Waals surface area (Å²) in [5, 5.41) is 0. The van der Waals surface area contributed by atoms with Gasteiger partial charge in [-0.05, 0) is 65.7 Å². The van der Waals surface area contributed by atoms with Gasteiger partial charge in [0.2, 0.25) is 0 Å². The molecular weight excluding hydrogens is 266 g/mol. The van der Waals surface area contributed by atoms with Gasteiger partial charge in [-0.15, -0.1) is 0 Å². The normalized spacial score (nSPS) is 15.1. The number of hydrogen-bond donors (Lipinski definition) is 1. The smallest absolute Gasteiger partial charge is 0.136 e. The maximum Gasteiger partial charge on any atom is 0.136 e. The lowest BCUT2D eigenvalue weighted by molar-refractivity contribution is 0.295. The summed E-state index contributed by atoms with van der Waals surface area (Å²) in [5.41, 5.74) is 6.81. The number of benzene rings is 1. The molecule has 0 unspecified atom stereocenters. The highest BCUT2D eigenvalue weighted by molar-refractivity contribution is 9.10. The number of nitrogens with two attached hydrogens (primary N) is 1. The number of aryl methyl sites for hydroxylation is 1. The second kappa shape index (κ2) is 5.69. The third-order valence-electron chi connectivity index (χ3n) is 2.86. The molecular formula is C13H18BrNO. The van der Waals surface area contributed by atoms with Crippen LogP contribution in [0.5, 0.6) is 5.75 Å². The van der Waals surface area contributed by atoms with Crippen molar-refractivity contribution < 1.29 is 4.74 Å². The zero-order valence-electron chi connectivity index (χ0n) is 9.42. The molecule has 1 fully saturated rings. The molecule has 1 aliphatic carbocycles. The highest BCUT2D eigenvalue weighted by Gasteiger charge is 2.22. The molecule has 0 aliphatic heterocycles. The molecule has 0 heterocycles. The SMILES string of the molecule is NCCCc1cccc(Br)c1OCC1CC1. The van der Waals surface area contributed by atoms with Crippen LogP contribution in [0, 0.1) is 5.92 Å². The van der Waals surface area contributed by atoms with Gasteiger partial charge in [0.1, 0.15) is 5.75 Å². The minimum absolute atomic E-state index is 0.731. The van der Waals surface area contributed by atoms with Gasteiger partial charge < -0.3 is 10.5 Å². The van der Waals surface area contributed by atoms with Crippen LogP contribution in [-0.4, -0.2) is 13.2 Å². The van der Waals surface area contributed by atoms with Crippen molar-refractivity contribution in [2.24, 2.45) is 11.7 Å². The first kappa shape index (κ1) is 11.9. The van der Waals surface area contributed by atoms with Gasteiger partial charge in [-0.3, -0.25) is 0 Å². The number of halogens is 1. The van der Waals surface area contributed by atoms with E-state index >= 15 is 0 Å². The van der Waals surface area contributed by atoms with Gasteiger partial charge in [0.05, 0.1) is 11.1 Å². The van der Waals surface area contributed by atoms with Gasteiger partial charge in [-0.2, -0.15) is 0 Å². The van der Waals surface area contributed by atoms with E-state index in [1.54, 1.807) is 0 Å². The molecule has 2 rings (SSSR count). The van der Waals surface area contributed by atoms with E-state index in [4.69, 9.17) is 10.5 Å². The van der Waals surface area contributed by atoms with Crippen LogP contribution in [0.4, 0.5) is 0 Å². The predicted molar refractivity (Wildman–Crippen MR) is 69.7 cm³/mol. The van der Waals surface area contributed by atoms with E-state index in [-0.39, 0.29) is 0 Å². The molecule has 0 radical (unpaired) electrons. The molecule has 3 heteroatoms. The Bertz CT molecular complexity index is 350. The van der Waals surface area contributed by atoms with Crippen LogP contribution in [-0.2, 0) is 6.42 Å². The molecule has 2 nitrogen and oxygen atoms in total. The van der Waals surface area contributed by atoms with Gasteiger partial charge in [-0.1, -0.05) is 12.1 Å². The van der Waals surface area contributed by atoms with Crippen LogP contribution in [0.1, 0.15) is 24.8 Å². The van der Waals surface area contributed by atoms with Crippen LogP contribution < -0.4 is 10.5 Å². The Labute approximate surface area is 105 Å². The van der Waals surface area contributed by atoms with Crippen LogP contribution in [0.25, 0.3) is 0 Å². The monoisotopic (exact) mass is 283 g/mol. The predicted octanol–water partition coefficient (Wildman–Crippen LogP) is 3.13. The van der Waals surface area contributed by atoms with Crippen LogP contribution >= 0.6 is 15.9 Å². The Kier molecular flexibility index (Phi) is 4.24. The lowest BCUT2D eigenvalue weighted by Gasteiger charge is -2.12. The van der Waals surface area contributed by atoms with Crippen LogP contribution in [0.3, 0.4) is 0 Å². The Morgan fingerprint density at radius 1 is 1.38 bits per heavy atom. The van der Waals surface area contributed by atoms with Gasteiger partial charge in [0.15, 0.2) is 0 Å². The summed E-state index contributed by atoms with van der Waals surface area (Å²) in [7, 11) is 0. The van der Waals surface area contributed by atoms with Crippen LogP contribution in [0.15, 0.2) is 22.7 Å². The molecule has 88 valence electrons. The average Bonchev–Trinajstić information content (AvgIpc) is 3.09. The Morgan fingerprint density at radius 2 is 2.19 bits per heavy atom. The van der Waals surface area contributed by atoms with E-state index in [0.29, 0.717) is 0 Å². The van der Waals surface area contributed by atoms with E-state index < -0.39 is 0 Å². The first-order valence-electron chi connectivity index (χ1n) is 5.91. The first-order chi connectivity index (χ1) is 7.81. The summed E-state index contributed by atoms with van der Waals surface area (Å²) in [6.07, 6.45) is 4.65. The van der Waals surface area contributed by atoms with Crippen molar-refractivity contribution in [2.45, 2.75) is 25.7 Å². The molecule has 0 bridgehead atoms. The number of para-hydroxylation sites is 1. The fraction of sp³-hybridized carbons (Fsp3) is 0.538. The molecule has 16 heavy (non-hydrogen) atoms. The second-order valence-electron chi connectivity index (χ2n) is 4.37. The quantitative estimate of drug-likeness (QED) is 0.871. The Balaban J connectivity index is 2.04. The highest BCUT2D eigenvalue weighted by atomic mass is 79.9. The summed E-state index contributed by atoms with van der Waals surface area (Å²) in [4.78, 5) is 0. The highest BCUT2D eigenvalue weighted by Crippen LogP contribution is 2.34. The van der Waals surface area contributed by atoms with Gasteiger partial charge in [-0.25, -0.2) is 0 Å². The van der Waals surface area contributed by atoms with Crippen molar-refractivity contribution in [3.63, 3.8) is 0 Å². The average molecular weight is 284 g/mol.